The highest BCUT2D eigenvalue weighted by Crippen LogP contribution is 2.42. The van der Waals surface area contributed by atoms with Gasteiger partial charge in [-0.25, -0.2) is 4.79 Å². The van der Waals surface area contributed by atoms with Crippen molar-refractivity contribution in [1.29, 1.82) is 0 Å². The number of benzene rings is 1. The van der Waals surface area contributed by atoms with Crippen LogP contribution in [0.1, 0.15) is 79.9 Å². The first kappa shape index (κ1) is 28.9. The van der Waals surface area contributed by atoms with E-state index in [1.807, 2.05) is 6.07 Å². The Labute approximate surface area is 233 Å². The van der Waals surface area contributed by atoms with Crippen LogP contribution in [0, 0.1) is 6.92 Å². The highest BCUT2D eigenvalue weighted by atomic mass is 16.7. The Kier molecular flexibility index (Phi) is 9.32. The minimum atomic E-state index is -1.36. The zero-order valence-corrected chi connectivity index (χ0v) is 23.2. The maximum atomic E-state index is 13.6. The average Bonchev–Trinajstić information content (AvgIpc) is 3.34. The normalized spacial score (nSPS) is 28.9. The lowest BCUT2D eigenvalue weighted by molar-refractivity contribution is -0.210. The van der Waals surface area contributed by atoms with Crippen LogP contribution < -0.4 is 11.2 Å². The van der Waals surface area contributed by atoms with Gasteiger partial charge in [0, 0.05) is 49.9 Å². The van der Waals surface area contributed by atoms with Crippen molar-refractivity contribution in [3.05, 3.63) is 68.5 Å². The number of aromatic nitrogens is 2. The number of carbonyl (C=O) groups excluding carboxylic acids is 1. The summed E-state index contributed by atoms with van der Waals surface area (Å²) in [6.45, 7) is 3.06. The van der Waals surface area contributed by atoms with E-state index in [2.05, 4.69) is 0 Å². The van der Waals surface area contributed by atoms with Crippen LogP contribution in [0.25, 0.3) is 0 Å². The van der Waals surface area contributed by atoms with Crippen LogP contribution in [0.15, 0.2) is 46.1 Å². The van der Waals surface area contributed by atoms with Gasteiger partial charge in [0.05, 0.1) is 12.7 Å². The lowest BCUT2D eigenvalue weighted by atomic mass is 9.85. The number of Topliss-reactive ketones (excluding diaryl/α,β-unsaturated/α-hetero) is 1. The molecule has 0 aliphatic carbocycles. The van der Waals surface area contributed by atoms with Gasteiger partial charge < -0.3 is 24.1 Å². The predicted molar refractivity (Wildman–Crippen MR) is 146 cm³/mol. The molecule has 10 nitrogen and oxygen atoms in total. The first-order chi connectivity index (χ1) is 19.4. The zero-order chi connectivity index (χ0) is 28.1. The Morgan fingerprint density at radius 1 is 1.07 bits per heavy atom. The maximum Gasteiger partial charge on any atom is 0.333 e. The molecular formula is C30H40N2O8. The van der Waals surface area contributed by atoms with Gasteiger partial charge in [-0.2, -0.15) is 0 Å². The molecule has 40 heavy (non-hydrogen) atoms. The number of hydrogen-bond donors (Lipinski definition) is 1. The van der Waals surface area contributed by atoms with Crippen molar-refractivity contribution >= 4 is 5.78 Å². The Morgan fingerprint density at radius 3 is 2.52 bits per heavy atom. The van der Waals surface area contributed by atoms with Gasteiger partial charge in [0.1, 0.15) is 17.9 Å². The molecule has 5 atom stereocenters. The van der Waals surface area contributed by atoms with Gasteiger partial charge in [-0.1, -0.05) is 30.3 Å². The molecule has 0 spiro atoms. The molecule has 4 heterocycles. The third-order valence-corrected chi connectivity index (χ3v) is 8.25. The molecule has 3 aliphatic heterocycles. The lowest BCUT2D eigenvalue weighted by Gasteiger charge is -2.38. The molecule has 3 aliphatic rings. The van der Waals surface area contributed by atoms with Gasteiger partial charge in [0.15, 0.2) is 12.1 Å². The van der Waals surface area contributed by atoms with Crippen molar-refractivity contribution in [2.24, 2.45) is 0 Å². The summed E-state index contributed by atoms with van der Waals surface area (Å²) < 4.78 is 26.6. The minimum Gasteiger partial charge on any atom is -0.384 e. The summed E-state index contributed by atoms with van der Waals surface area (Å²) in [5, 5.41) is 11.9. The summed E-state index contributed by atoms with van der Waals surface area (Å²) in [6.07, 6.45) is 5.20. The molecule has 2 aromatic rings. The van der Waals surface area contributed by atoms with Crippen LogP contribution in [0.2, 0.25) is 0 Å². The summed E-state index contributed by atoms with van der Waals surface area (Å²) in [6, 6.07) is 8.96. The number of ether oxygens (including phenoxy) is 4. The van der Waals surface area contributed by atoms with Gasteiger partial charge in [-0.05, 0) is 51.9 Å². The van der Waals surface area contributed by atoms with E-state index < -0.39 is 35.3 Å². The van der Waals surface area contributed by atoms with E-state index in [4.69, 9.17) is 18.9 Å². The first-order valence-corrected chi connectivity index (χ1v) is 14.5. The first-order valence-electron chi connectivity index (χ1n) is 14.5. The van der Waals surface area contributed by atoms with Gasteiger partial charge in [-0.15, -0.1) is 0 Å². The van der Waals surface area contributed by atoms with Gasteiger partial charge in [0.2, 0.25) is 0 Å². The number of ketones is 1. The molecule has 2 unspecified atom stereocenters. The minimum absolute atomic E-state index is 0.0388. The molecule has 3 saturated heterocycles. The second-order valence-electron chi connectivity index (χ2n) is 11.1. The van der Waals surface area contributed by atoms with E-state index in [9.17, 15) is 19.5 Å². The van der Waals surface area contributed by atoms with Gasteiger partial charge >= 0.3 is 5.69 Å². The smallest absolute Gasteiger partial charge is 0.333 e. The van der Waals surface area contributed by atoms with E-state index in [0.29, 0.717) is 37.2 Å². The quantitative estimate of drug-likeness (QED) is 0.444. The fourth-order valence-electron chi connectivity index (χ4n) is 5.95. The largest absolute Gasteiger partial charge is 0.384 e. The van der Waals surface area contributed by atoms with Crippen molar-refractivity contribution in [1.82, 2.24) is 9.13 Å². The second-order valence-corrected chi connectivity index (χ2v) is 11.1. The van der Waals surface area contributed by atoms with Crippen LogP contribution in [0.3, 0.4) is 0 Å². The standard InChI is InChI=1S/C30H40N2O8/c1-21-19-32(29(35)31(28(21)34)15-9-12-23(33)22-10-3-2-4-11-22)26-18-30(36,24-13-5-7-16-37-24)25(40-26)20-39-27-14-6-8-17-38-27/h2-4,10-11,19,24-27,36H,5-9,12-18,20H2,1H3/t24?,25-,26-,27?,30-/m1/s1. The number of carbonyl (C=O) groups is 1. The number of aryl methyl sites for hydroxylation is 1. The topological polar surface area (TPSA) is 118 Å². The van der Waals surface area contributed by atoms with Crippen molar-refractivity contribution in [2.75, 3.05) is 19.8 Å². The van der Waals surface area contributed by atoms with Crippen LogP contribution in [0.5, 0.6) is 0 Å². The van der Waals surface area contributed by atoms with Crippen LogP contribution in [0.4, 0.5) is 0 Å². The fourth-order valence-corrected chi connectivity index (χ4v) is 5.95. The van der Waals surface area contributed by atoms with Gasteiger partial charge in [-0.3, -0.25) is 18.7 Å². The lowest BCUT2D eigenvalue weighted by Crippen LogP contribution is -2.53. The number of aliphatic hydroxyl groups is 1. The molecule has 1 aromatic heterocycles. The molecule has 0 radical (unpaired) electrons. The fraction of sp³-hybridized carbons (Fsp3) is 0.633. The van der Waals surface area contributed by atoms with E-state index >= 15 is 0 Å². The summed E-state index contributed by atoms with van der Waals surface area (Å²) in [5.41, 5.74) is -1.31. The SMILES string of the molecule is Cc1cn([C@H]2C[C@@](O)(C3CCCCO3)[C@@H](COC3CCCCO3)O2)c(=O)n(CCCC(=O)c2ccccc2)c1=O. The van der Waals surface area contributed by atoms with Gasteiger partial charge in [0.25, 0.3) is 5.56 Å². The molecule has 218 valence electrons. The van der Waals surface area contributed by atoms with Crippen molar-refractivity contribution in [2.45, 2.75) is 102 Å². The number of nitrogens with zero attached hydrogens (tertiary/aromatic N) is 2. The summed E-state index contributed by atoms with van der Waals surface area (Å²) in [5.74, 6) is -0.0388. The van der Waals surface area contributed by atoms with E-state index in [1.165, 1.54) is 10.8 Å². The molecule has 1 N–H and O–H groups in total. The third-order valence-electron chi connectivity index (χ3n) is 8.25. The highest BCUT2D eigenvalue weighted by Gasteiger charge is 2.54. The molecule has 0 saturated carbocycles. The van der Waals surface area contributed by atoms with E-state index in [0.717, 1.165) is 36.7 Å². The second kappa shape index (κ2) is 12.9. The zero-order valence-electron chi connectivity index (χ0n) is 23.2. The predicted octanol–water partition coefficient (Wildman–Crippen LogP) is 3.11. The number of rotatable bonds is 10. The molecule has 5 rings (SSSR count). The molecule has 1 aromatic carbocycles. The van der Waals surface area contributed by atoms with Crippen LogP contribution in [-0.4, -0.2) is 63.9 Å². The molecule has 0 amide bonds. The van der Waals surface area contributed by atoms with Crippen molar-refractivity contribution in [3.63, 3.8) is 0 Å². The van der Waals surface area contributed by atoms with Crippen molar-refractivity contribution in [3.8, 4) is 0 Å². The Balaban J connectivity index is 1.34. The molecular weight excluding hydrogens is 516 g/mol. The van der Waals surface area contributed by atoms with Crippen LogP contribution in [-0.2, 0) is 25.5 Å². The monoisotopic (exact) mass is 556 g/mol. The van der Waals surface area contributed by atoms with Crippen molar-refractivity contribution < 1.29 is 28.8 Å². The van der Waals surface area contributed by atoms with Crippen LogP contribution >= 0.6 is 0 Å². The van der Waals surface area contributed by atoms with E-state index in [1.54, 1.807) is 31.2 Å². The third kappa shape index (κ3) is 6.31. The van der Waals surface area contributed by atoms with E-state index in [-0.39, 0.29) is 38.1 Å². The summed E-state index contributed by atoms with van der Waals surface area (Å²) >= 11 is 0. The molecule has 0 bridgehead atoms. The summed E-state index contributed by atoms with van der Waals surface area (Å²) in [7, 11) is 0. The maximum absolute atomic E-state index is 13.6. The molecule has 10 heteroatoms. The summed E-state index contributed by atoms with van der Waals surface area (Å²) in [4.78, 5) is 39.0. The number of hydrogen-bond acceptors (Lipinski definition) is 8. The average molecular weight is 557 g/mol. The molecule has 3 fully saturated rings. The Bertz CT molecular complexity index is 1260. The Hall–Kier alpha value is -2.63. The Morgan fingerprint density at radius 2 is 1.82 bits per heavy atom. The highest BCUT2D eigenvalue weighted by molar-refractivity contribution is 5.95.